The average Bonchev–Trinajstić information content (AvgIpc) is 2.28. The van der Waals surface area contributed by atoms with Gasteiger partial charge in [0.1, 0.15) is 0 Å². The Morgan fingerprint density at radius 2 is 2.06 bits per heavy atom. The summed E-state index contributed by atoms with van der Waals surface area (Å²) in [6.45, 7) is 4.87. The minimum atomic E-state index is -3.13. The molecular formula is C11H24N2O3S. The van der Waals surface area contributed by atoms with Crippen LogP contribution in [0.2, 0.25) is 0 Å². The number of rotatable bonds is 7. The topological polar surface area (TPSA) is 67.4 Å². The maximum atomic E-state index is 11.8. The number of nitrogens with one attached hydrogen (secondary N) is 2. The fourth-order valence-corrected chi connectivity index (χ4v) is 3.64. The van der Waals surface area contributed by atoms with E-state index < -0.39 is 10.0 Å². The van der Waals surface area contributed by atoms with Crippen molar-refractivity contribution in [3.05, 3.63) is 0 Å². The summed E-state index contributed by atoms with van der Waals surface area (Å²) in [5.74, 6) is 0.767. The van der Waals surface area contributed by atoms with Crippen molar-refractivity contribution in [2.45, 2.75) is 19.8 Å². The lowest BCUT2D eigenvalue weighted by molar-refractivity contribution is 0.161. The van der Waals surface area contributed by atoms with E-state index in [4.69, 9.17) is 4.74 Å². The molecule has 0 saturated carbocycles. The van der Waals surface area contributed by atoms with Gasteiger partial charge in [-0.3, -0.25) is 0 Å². The van der Waals surface area contributed by atoms with Crippen LogP contribution in [0.3, 0.4) is 0 Å². The Morgan fingerprint density at radius 3 is 2.65 bits per heavy atom. The van der Waals surface area contributed by atoms with Gasteiger partial charge in [0.25, 0.3) is 0 Å². The van der Waals surface area contributed by atoms with Gasteiger partial charge in [-0.1, -0.05) is 6.92 Å². The van der Waals surface area contributed by atoms with Crippen LogP contribution in [-0.4, -0.2) is 47.5 Å². The lowest BCUT2D eigenvalue weighted by atomic mass is 10.0. The van der Waals surface area contributed by atoms with Crippen molar-refractivity contribution < 1.29 is 13.2 Å². The Bertz CT molecular complexity index is 300. The molecule has 0 radical (unpaired) electrons. The lowest BCUT2D eigenvalue weighted by Crippen LogP contribution is -2.37. The fourth-order valence-electron chi connectivity index (χ4n) is 2.03. The second-order valence-electron chi connectivity index (χ2n) is 4.88. The average molecular weight is 264 g/mol. The number of sulfonamides is 1. The summed E-state index contributed by atoms with van der Waals surface area (Å²) in [5, 5.41) is 3.24. The Balaban J connectivity index is 2.29. The van der Waals surface area contributed by atoms with Crippen LogP contribution >= 0.6 is 0 Å². The summed E-state index contributed by atoms with van der Waals surface area (Å²) < 4.78 is 31.3. The first kappa shape index (κ1) is 14.9. The molecule has 1 atom stereocenters. The van der Waals surface area contributed by atoms with Crippen LogP contribution < -0.4 is 10.0 Å². The first-order chi connectivity index (χ1) is 8.03. The summed E-state index contributed by atoms with van der Waals surface area (Å²) in [4.78, 5) is 0. The highest BCUT2D eigenvalue weighted by atomic mass is 32.2. The van der Waals surface area contributed by atoms with Gasteiger partial charge in [0.2, 0.25) is 10.0 Å². The molecule has 1 unspecified atom stereocenters. The van der Waals surface area contributed by atoms with Crippen molar-refractivity contribution in [1.82, 2.24) is 10.0 Å². The standard InChI is InChI=1S/C11H24N2O3S/c1-10(8-16-2)7-13-17(14,15)9-11-3-5-12-6-4-11/h10-13H,3-9H2,1-2H3. The van der Waals surface area contributed by atoms with Gasteiger partial charge in [-0.05, 0) is 37.8 Å². The molecule has 0 spiro atoms. The van der Waals surface area contributed by atoms with E-state index in [1.807, 2.05) is 6.92 Å². The fraction of sp³-hybridized carbons (Fsp3) is 1.00. The summed E-state index contributed by atoms with van der Waals surface area (Å²) in [6.07, 6.45) is 1.91. The van der Waals surface area contributed by atoms with E-state index in [9.17, 15) is 8.42 Å². The molecule has 17 heavy (non-hydrogen) atoms. The highest BCUT2D eigenvalue weighted by molar-refractivity contribution is 7.89. The first-order valence-corrected chi connectivity index (χ1v) is 7.85. The molecule has 1 fully saturated rings. The quantitative estimate of drug-likeness (QED) is 0.689. The van der Waals surface area contributed by atoms with Crippen LogP contribution in [-0.2, 0) is 14.8 Å². The van der Waals surface area contributed by atoms with E-state index in [2.05, 4.69) is 10.0 Å². The zero-order valence-corrected chi connectivity index (χ0v) is 11.6. The van der Waals surface area contributed by atoms with Crippen molar-refractivity contribution >= 4 is 10.0 Å². The largest absolute Gasteiger partial charge is 0.384 e. The predicted octanol–water partition coefficient (Wildman–Crippen LogP) is 0.188. The van der Waals surface area contributed by atoms with Gasteiger partial charge in [0, 0.05) is 20.3 Å². The highest BCUT2D eigenvalue weighted by Crippen LogP contribution is 2.13. The molecule has 102 valence electrons. The molecule has 1 heterocycles. The second-order valence-corrected chi connectivity index (χ2v) is 6.74. The van der Waals surface area contributed by atoms with Crippen LogP contribution in [0, 0.1) is 11.8 Å². The van der Waals surface area contributed by atoms with E-state index in [0.29, 0.717) is 19.1 Å². The smallest absolute Gasteiger partial charge is 0.211 e. The van der Waals surface area contributed by atoms with Crippen molar-refractivity contribution in [2.75, 3.05) is 39.1 Å². The number of piperidine rings is 1. The maximum absolute atomic E-state index is 11.8. The molecule has 0 aliphatic carbocycles. The van der Waals surface area contributed by atoms with Gasteiger partial charge in [-0.15, -0.1) is 0 Å². The Morgan fingerprint density at radius 1 is 1.41 bits per heavy atom. The van der Waals surface area contributed by atoms with Crippen LogP contribution in [0.25, 0.3) is 0 Å². The number of hydrogen-bond acceptors (Lipinski definition) is 4. The molecule has 1 aliphatic rings. The van der Waals surface area contributed by atoms with E-state index in [0.717, 1.165) is 25.9 Å². The lowest BCUT2D eigenvalue weighted by Gasteiger charge is -2.22. The van der Waals surface area contributed by atoms with Crippen molar-refractivity contribution in [3.8, 4) is 0 Å². The summed E-state index contributed by atoms with van der Waals surface area (Å²) in [5.41, 5.74) is 0. The molecule has 0 amide bonds. The monoisotopic (exact) mass is 264 g/mol. The molecule has 1 rings (SSSR count). The summed E-state index contributed by atoms with van der Waals surface area (Å²) in [6, 6.07) is 0. The van der Waals surface area contributed by atoms with Gasteiger partial charge in [-0.2, -0.15) is 0 Å². The molecule has 1 aliphatic heterocycles. The van der Waals surface area contributed by atoms with Crippen LogP contribution in [0.15, 0.2) is 0 Å². The number of ether oxygens (including phenoxy) is 1. The predicted molar refractivity (Wildman–Crippen MR) is 68.4 cm³/mol. The molecule has 0 aromatic carbocycles. The number of hydrogen-bond donors (Lipinski definition) is 2. The first-order valence-electron chi connectivity index (χ1n) is 6.20. The van der Waals surface area contributed by atoms with Crippen molar-refractivity contribution in [3.63, 3.8) is 0 Å². The van der Waals surface area contributed by atoms with Gasteiger partial charge < -0.3 is 10.1 Å². The summed E-state index contributed by atoms with van der Waals surface area (Å²) >= 11 is 0. The van der Waals surface area contributed by atoms with Crippen LogP contribution in [0.1, 0.15) is 19.8 Å². The molecule has 0 bridgehead atoms. The maximum Gasteiger partial charge on any atom is 0.211 e. The van der Waals surface area contributed by atoms with Gasteiger partial charge in [-0.25, -0.2) is 13.1 Å². The zero-order valence-electron chi connectivity index (χ0n) is 10.7. The second kappa shape index (κ2) is 7.31. The third-order valence-corrected chi connectivity index (χ3v) is 4.53. The molecular weight excluding hydrogens is 240 g/mol. The van der Waals surface area contributed by atoms with Gasteiger partial charge in [0.05, 0.1) is 5.75 Å². The van der Waals surface area contributed by atoms with E-state index in [1.165, 1.54) is 0 Å². The third-order valence-electron chi connectivity index (χ3n) is 3.02. The van der Waals surface area contributed by atoms with E-state index in [1.54, 1.807) is 7.11 Å². The van der Waals surface area contributed by atoms with Crippen molar-refractivity contribution in [2.24, 2.45) is 11.8 Å². The molecule has 2 N–H and O–H groups in total. The van der Waals surface area contributed by atoms with Crippen molar-refractivity contribution in [1.29, 1.82) is 0 Å². The van der Waals surface area contributed by atoms with E-state index in [-0.39, 0.29) is 11.7 Å². The van der Waals surface area contributed by atoms with Crippen LogP contribution in [0.5, 0.6) is 0 Å². The Hall–Kier alpha value is -0.170. The SMILES string of the molecule is COCC(C)CNS(=O)(=O)CC1CCNCC1. The van der Waals surface area contributed by atoms with E-state index >= 15 is 0 Å². The van der Waals surface area contributed by atoms with Gasteiger partial charge in [0.15, 0.2) is 0 Å². The normalized spacial score (nSPS) is 20.4. The molecule has 6 heteroatoms. The molecule has 1 saturated heterocycles. The molecule has 0 aromatic heterocycles. The molecule has 0 aromatic rings. The highest BCUT2D eigenvalue weighted by Gasteiger charge is 2.21. The van der Waals surface area contributed by atoms with Gasteiger partial charge >= 0.3 is 0 Å². The minimum Gasteiger partial charge on any atom is -0.384 e. The molecule has 5 nitrogen and oxygen atoms in total. The zero-order chi connectivity index (χ0) is 12.7. The Labute approximate surface area is 104 Å². The summed E-state index contributed by atoms with van der Waals surface area (Å²) in [7, 11) is -1.50. The third kappa shape index (κ3) is 6.35. The minimum absolute atomic E-state index is 0.211. The number of methoxy groups -OCH3 is 1. The van der Waals surface area contributed by atoms with Crippen LogP contribution in [0.4, 0.5) is 0 Å². The Kier molecular flexibility index (Phi) is 6.40.